The lowest BCUT2D eigenvalue weighted by molar-refractivity contribution is -0.141. The second-order valence-corrected chi connectivity index (χ2v) is 5.53. The molecule has 2 aliphatic rings. The molecular formula is C12H21N3O4. The van der Waals surface area contributed by atoms with E-state index in [-0.39, 0.29) is 19.0 Å². The fourth-order valence-electron chi connectivity index (χ4n) is 2.78. The molecule has 2 aliphatic heterocycles. The Balaban J connectivity index is 2.01. The zero-order chi connectivity index (χ0) is 14.2. The van der Waals surface area contributed by atoms with E-state index in [1.165, 1.54) is 4.90 Å². The van der Waals surface area contributed by atoms with E-state index >= 15 is 0 Å². The van der Waals surface area contributed by atoms with Crippen molar-refractivity contribution in [3.8, 4) is 0 Å². The Morgan fingerprint density at radius 2 is 1.95 bits per heavy atom. The topological polar surface area (TPSA) is 84.3 Å². The lowest BCUT2D eigenvalue weighted by Gasteiger charge is -2.28. The third-order valence-corrected chi connectivity index (χ3v) is 3.97. The molecule has 0 radical (unpaired) electrons. The van der Waals surface area contributed by atoms with Crippen molar-refractivity contribution in [1.29, 1.82) is 0 Å². The number of rotatable bonds is 2. The van der Waals surface area contributed by atoms with Gasteiger partial charge in [-0.25, -0.2) is 9.59 Å². The number of carbonyl (C=O) groups is 2. The summed E-state index contributed by atoms with van der Waals surface area (Å²) in [5.41, 5.74) is 0. The van der Waals surface area contributed by atoms with Crippen LogP contribution in [0, 0.1) is 0 Å². The normalized spacial score (nSPS) is 31.3. The number of hydrogen-bond donors (Lipinski definition) is 2. The summed E-state index contributed by atoms with van der Waals surface area (Å²) in [5.74, 6) is -1.05. The number of carboxylic acids is 1. The van der Waals surface area contributed by atoms with E-state index < -0.39 is 18.1 Å². The van der Waals surface area contributed by atoms with E-state index in [0.29, 0.717) is 19.1 Å². The lowest BCUT2D eigenvalue weighted by Crippen LogP contribution is -2.48. The first kappa shape index (κ1) is 14.1. The van der Waals surface area contributed by atoms with Crippen LogP contribution < -0.4 is 0 Å². The van der Waals surface area contributed by atoms with Crippen LogP contribution in [0.15, 0.2) is 0 Å². The smallest absolute Gasteiger partial charge is 0.326 e. The summed E-state index contributed by atoms with van der Waals surface area (Å²) >= 11 is 0. The zero-order valence-corrected chi connectivity index (χ0v) is 11.3. The Morgan fingerprint density at radius 3 is 2.47 bits per heavy atom. The Kier molecular flexibility index (Phi) is 3.96. The molecule has 0 bridgehead atoms. The van der Waals surface area contributed by atoms with Gasteiger partial charge in [-0.15, -0.1) is 0 Å². The van der Waals surface area contributed by atoms with Crippen molar-refractivity contribution >= 4 is 12.0 Å². The van der Waals surface area contributed by atoms with Gasteiger partial charge in [0.2, 0.25) is 0 Å². The molecule has 0 spiro atoms. The molecule has 2 amide bonds. The number of nitrogens with zero attached hydrogens (tertiary/aromatic N) is 3. The monoisotopic (exact) mass is 271 g/mol. The van der Waals surface area contributed by atoms with Crippen molar-refractivity contribution in [3.63, 3.8) is 0 Å². The number of amides is 2. The van der Waals surface area contributed by atoms with Crippen LogP contribution in [0.5, 0.6) is 0 Å². The van der Waals surface area contributed by atoms with E-state index in [1.807, 2.05) is 14.1 Å². The summed E-state index contributed by atoms with van der Waals surface area (Å²) in [6.45, 7) is 1.37. The Bertz CT molecular complexity index is 374. The SMILES string of the molecule is CN(C)C1CCN(C(=O)N2C[C@@H](O)C[C@H]2C(=O)O)C1. The molecule has 1 unspecified atom stereocenters. The van der Waals surface area contributed by atoms with Gasteiger partial charge in [-0.2, -0.15) is 0 Å². The lowest BCUT2D eigenvalue weighted by atomic mass is 10.2. The summed E-state index contributed by atoms with van der Waals surface area (Å²) in [4.78, 5) is 28.5. The molecule has 108 valence electrons. The van der Waals surface area contributed by atoms with Crippen molar-refractivity contribution in [2.24, 2.45) is 0 Å². The predicted octanol–water partition coefficient (Wildman–Crippen LogP) is -0.738. The van der Waals surface area contributed by atoms with Gasteiger partial charge in [-0.3, -0.25) is 0 Å². The molecule has 2 saturated heterocycles. The van der Waals surface area contributed by atoms with Crippen LogP contribution in [0.3, 0.4) is 0 Å². The first-order valence-electron chi connectivity index (χ1n) is 6.53. The zero-order valence-electron chi connectivity index (χ0n) is 11.3. The number of β-amino-alcohol motifs (C(OH)–C–C–N with tert-alkyl or cyclic N) is 1. The molecule has 7 heteroatoms. The largest absolute Gasteiger partial charge is 0.480 e. The molecule has 0 aromatic heterocycles. The van der Waals surface area contributed by atoms with Gasteiger partial charge in [0.1, 0.15) is 6.04 Å². The average Bonchev–Trinajstić information content (AvgIpc) is 2.94. The first-order valence-corrected chi connectivity index (χ1v) is 6.53. The molecule has 19 heavy (non-hydrogen) atoms. The maximum Gasteiger partial charge on any atom is 0.326 e. The molecule has 2 N–H and O–H groups in total. The van der Waals surface area contributed by atoms with Crippen LogP contribution in [0.4, 0.5) is 4.79 Å². The summed E-state index contributed by atoms with van der Waals surface area (Å²) in [6, 6.07) is -0.853. The van der Waals surface area contributed by atoms with Crippen LogP contribution in [0.25, 0.3) is 0 Å². The van der Waals surface area contributed by atoms with Gasteiger partial charge in [0.25, 0.3) is 0 Å². The van der Waals surface area contributed by atoms with Gasteiger partial charge >= 0.3 is 12.0 Å². The molecule has 7 nitrogen and oxygen atoms in total. The summed E-state index contributed by atoms with van der Waals surface area (Å²) in [7, 11) is 3.94. The fraction of sp³-hybridized carbons (Fsp3) is 0.833. The number of likely N-dealkylation sites (tertiary alicyclic amines) is 2. The fourth-order valence-corrected chi connectivity index (χ4v) is 2.78. The molecule has 2 heterocycles. The molecule has 2 rings (SSSR count). The molecule has 0 aliphatic carbocycles. The Hall–Kier alpha value is -1.34. The molecule has 0 aromatic carbocycles. The number of likely N-dealkylation sites (N-methyl/N-ethyl adjacent to an activating group) is 1. The summed E-state index contributed by atoms with van der Waals surface area (Å²) in [6.07, 6.45) is 0.274. The van der Waals surface area contributed by atoms with Gasteiger partial charge in [-0.1, -0.05) is 0 Å². The molecule has 0 saturated carbocycles. The average molecular weight is 271 g/mol. The second kappa shape index (κ2) is 5.34. The highest BCUT2D eigenvalue weighted by molar-refractivity contribution is 5.83. The molecule has 3 atom stereocenters. The predicted molar refractivity (Wildman–Crippen MR) is 67.8 cm³/mol. The van der Waals surface area contributed by atoms with Gasteiger partial charge in [0, 0.05) is 32.1 Å². The van der Waals surface area contributed by atoms with Crippen LogP contribution >= 0.6 is 0 Å². The van der Waals surface area contributed by atoms with Crippen LogP contribution in [0.2, 0.25) is 0 Å². The van der Waals surface area contributed by atoms with Gasteiger partial charge in [0.15, 0.2) is 0 Å². The van der Waals surface area contributed by atoms with E-state index in [4.69, 9.17) is 5.11 Å². The van der Waals surface area contributed by atoms with E-state index in [0.717, 1.165) is 6.42 Å². The Morgan fingerprint density at radius 1 is 1.26 bits per heavy atom. The van der Waals surface area contributed by atoms with E-state index in [9.17, 15) is 14.7 Å². The first-order chi connectivity index (χ1) is 8.90. The van der Waals surface area contributed by atoms with Crippen molar-refractivity contribution in [3.05, 3.63) is 0 Å². The van der Waals surface area contributed by atoms with E-state index in [2.05, 4.69) is 4.90 Å². The highest BCUT2D eigenvalue weighted by atomic mass is 16.4. The number of hydrogen-bond acceptors (Lipinski definition) is 4. The van der Waals surface area contributed by atoms with Gasteiger partial charge in [0.05, 0.1) is 6.10 Å². The number of aliphatic hydroxyl groups is 1. The van der Waals surface area contributed by atoms with E-state index in [1.54, 1.807) is 4.90 Å². The summed E-state index contributed by atoms with van der Waals surface area (Å²) < 4.78 is 0. The number of aliphatic carboxylic acids is 1. The van der Waals surface area contributed by atoms with Crippen LogP contribution in [-0.4, -0.2) is 88.8 Å². The number of urea groups is 1. The number of carboxylic acid groups (broad SMARTS) is 1. The van der Waals surface area contributed by atoms with Gasteiger partial charge < -0.3 is 24.9 Å². The number of aliphatic hydroxyl groups excluding tert-OH is 1. The number of carbonyl (C=O) groups excluding carboxylic acids is 1. The highest BCUT2D eigenvalue weighted by Gasteiger charge is 2.42. The maximum absolute atomic E-state index is 12.3. The molecular weight excluding hydrogens is 250 g/mol. The van der Waals surface area contributed by atoms with Crippen molar-refractivity contribution in [2.45, 2.75) is 31.0 Å². The standard InChI is InChI=1S/C12H21N3O4/c1-13(2)8-3-4-14(6-8)12(19)15-7-9(16)5-10(15)11(17)18/h8-10,16H,3-7H2,1-2H3,(H,17,18)/t8?,9-,10-/m0/s1. The second-order valence-electron chi connectivity index (χ2n) is 5.53. The minimum atomic E-state index is -1.05. The van der Waals surface area contributed by atoms with Gasteiger partial charge in [-0.05, 0) is 20.5 Å². The van der Waals surface area contributed by atoms with Crippen molar-refractivity contribution in [2.75, 3.05) is 33.7 Å². The quantitative estimate of drug-likeness (QED) is 0.691. The van der Waals surface area contributed by atoms with Crippen molar-refractivity contribution < 1.29 is 19.8 Å². The highest BCUT2D eigenvalue weighted by Crippen LogP contribution is 2.22. The third-order valence-electron chi connectivity index (χ3n) is 3.97. The third kappa shape index (κ3) is 2.82. The van der Waals surface area contributed by atoms with Crippen molar-refractivity contribution in [1.82, 2.24) is 14.7 Å². The minimum Gasteiger partial charge on any atom is -0.480 e. The van der Waals surface area contributed by atoms with Crippen LogP contribution in [-0.2, 0) is 4.79 Å². The molecule has 2 fully saturated rings. The van der Waals surface area contributed by atoms with Crippen LogP contribution in [0.1, 0.15) is 12.8 Å². The molecule has 0 aromatic rings. The minimum absolute atomic E-state index is 0.110. The maximum atomic E-state index is 12.3. The Labute approximate surface area is 112 Å². The summed E-state index contributed by atoms with van der Waals surface area (Å²) in [5, 5.41) is 18.7.